The molecule has 0 amide bonds. The molecule has 7 heteroatoms. The summed E-state index contributed by atoms with van der Waals surface area (Å²) < 4.78 is 33.3. The summed E-state index contributed by atoms with van der Waals surface area (Å²) in [4.78, 5) is 2.37. The van der Waals surface area contributed by atoms with Gasteiger partial charge in [-0.05, 0) is 43.0 Å². The lowest BCUT2D eigenvalue weighted by Gasteiger charge is -2.38. The van der Waals surface area contributed by atoms with E-state index in [4.69, 9.17) is 10.00 Å². The van der Waals surface area contributed by atoms with Gasteiger partial charge in [0.1, 0.15) is 5.75 Å². The number of piperidine rings is 1. The van der Waals surface area contributed by atoms with E-state index in [1.165, 1.54) is 5.56 Å². The summed E-state index contributed by atoms with van der Waals surface area (Å²) in [6.07, 6.45) is 1.99. The molecule has 0 aromatic heterocycles. The van der Waals surface area contributed by atoms with E-state index in [0.717, 1.165) is 43.8 Å². The molecule has 0 aliphatic carbocycles. The zero-order chi connectivity index (χ0) is 22.1. The van der Waals surface area contributed by atoms with E-state index in [2.05, 4.69) is 27.8 Å². The minimum atomic E-state index is -3.28. The van der Waals surface area contributed by atoms with Crippen LogP contribution in [0.3, 0.4) is 0 Å². The number of nitriles is 1. The molecular formula is C24H31N3O3S. The van der Waals surface area contributed by atoms with Crippen molar-refractivity contribution in [2.45, 2.75) is 38.8 Å². The zero-order valence-corrected chi connectivity index (χ0v) is 18.9. The molecule has 0 radical (unpaired) electrons. The average Bonchev–Trinajstić information content (AvgIpc) is 2.79. The van der Waals surface area contributed by atoms with Crippen molar-refractivity contribution in [2.75, 3.05) is 25.4 Å². The fourth-order valence-electron chi connectivity index (χ4n) is 3.89. The fourth-order valence-corrected chi connectivity index (χ4v) is 4.82. The molecule has 1 aliphatic heterocycles. The SMILES string of the molecule is CCS(=O)(=O)N[C@H]1CCN(Cc2ccccc2)C[C@@H]1COc1ccc(CCC#N)cc1. The van der Waals surface area contributed by atoms with Crippen LogP contribution in [0.5, 0.6) is 5.75 Å². The Morgan fingerprint density at radius 3 is 2.55 bits per heavy atom. The molecule has 1 N–H and O–H groups in total. The average molecular weight is 442 g/mol. The topological polar surface area (TPSA) is 82.4 Å². The molecule has 2 atom stereocenters. The van der Waals surface area contributed by atoms with E-state index in [0.29, 0.717) is 13.0 Å². The number of likely N-dealkylation sites (tertiary alicyclic amines) is 1. The van der Waals surface area contributed by atoms with E-state index >= 15 is 0 Å². The first-order valence-electron chi connectivity index (χ1n) is 10.8. The van der Waals surface area contributed by atoms with Gasteiger partial charge in [-0.3, -0.25) is 4.90 Å². The van der Waals surface area contributed by atoms with E-state index in [9.17, 15) is 8.42 Å². The second-order valence-electron chi connectivity index (χ2n) is 8.01. The van der Waals surface area contributed by atoms with Gasteiger partial charge in [0.25, 0.3) is 0 Å². The molecule has 0 saturated carbocycles. The van der Waals surface area contributed by atoms with Crippen molar-refractivity contribution in [3.8, 4) is 11.8 Å². The van der Waals surface area contributed by atoms with Crippen LogP contribution in [-0.2, 0) is 23.0 Å². The highest BCUT2D eigenvalue weighted by Crippen LogP contribution is 2.22. The van der Waals surface area contributed by atoms with Gasteiger partial charge in [0.15, 0.2) is 0 Å². The van der Waals surface area contributed by atoms with Gasteiger partial charge in [-0.25, -0.2) is 13.1 Å². The number of hydrogen-bond donors (Lipinski definition) is 1. The zero-order valence-electron chi connectivity index (χ0n) is 18.0. The maximum Gasteiger partial charge on any atom is 0.211 e. The van der Waals surface area contributed by atoms with Crippen molar-refractivity contribution >= 4 is 10.0 Å². The Balaban J connectivity index is 1.64. The summed E-state index contributed by atoms with van der Waals surface area (Å²) in [5.74, 6) is 0.893. The maximum absolute atomic E-state index is 12.2. The van der Waals surface area contributed by atoms with Crippen LogP contribution in [0.2, 0.25) is 0 Å². The molecule has 0 bridgehead atoms. The largest absolute Gasteiger partial charge is 0.493 e. The van der Waals surface area contributed by atoms with Gasteiger partial charge < -0.3 is 4.74 Å². The molecule has 0 spiro atoms. The second-order valence-corrected chi connectivity index (χ2v) is 10.1. The first kappa shape index (κ1) is 23.3. The van der Waals surface area contributed by atoms with Gasteiger partial charge >= 0.3 is 0 Å². The number of nitrogens with zero attached hydrogens (tertiary/aromatic N) is 2. The number of benzene rings is 2. The van der Waals surface area contributed by atoms with E-state index in [1.807, 2.05) is 42.5 Å². The normalized spacial score (nSPS) is 19.6. The Morgan fingerprint density at radius 1 is 1.13 bits per heavy atom. The molecule has 0 unspecified atom stereocenters. The van der Waals surface area contributed by atoms with Gasteiger partial charge in [-0.15, -0.1) is 0 Å². The summed E-state index contributed by atoms with van der Waals surface area (Å²) in [5, 5.41) is 8.72. The molecule has 2 aromatic rings. The molecule has 6 nitrogen and oxygen atoms in total. The number of rotatable bonds is 10. The summed E-state index contributed by atoms with van der Waals surface area (Å²) >= 11 is 0. The van der Waals surface area contributed by atoms with Crippen molar-refractivity contribution < 1.29 is 13.2 Å². The smallest absolute Gasteiger partial charge is 0.211 e. The lowest BCUT2D eigenvalue weighted by atomic mass is 9.93. The Labute approximate surface area is 185 Å². The van der Waals surface area contributed by atoms with Crippen molar-refractivity contribution in [3.63, 3.8) is 0 Å². The standard InChI is InChI=1S/C24H31N3O3S/c1-2-31(28,29)26-24-14-16-27(17-21-7-4-3-5-8-21)18-22(24)19-30-23-12-10-20(11-13-23)9-6-15-25/h3-5,7-8,10-13,22,24,26H,2,6,9,14,16-19H2,1H3/t22-,24+/m1/s1. The van der Waals surface area contributed by atoms with Crippen LogP contribution in [-0.4, -0.2) is 44.8 Å². The Hall–Kier alpha value is -2.40. The summed E-state index contributed by atoms with van der Waals surface area (Å²) in [6.45, 7) is 4.56. The van der Waals surface area contributed by atoms with Crippen molar-refractivity contribution in [1.82, 2.24) is 9.62 Å². The molecule has 1 saturated heterocycles. The van der Waals surface area contributed by atoms with Crippen molar-refractivity contribution in [1.29, 1.82) is 5.26 Å². The highest BCUT2D eigenvalue weighted by molar-refractivity contribution is 7.89. The third-order valence-electron chi connectivity index (χ3n) is 5.69. The van der Waals surface area contributed by atoms with E-state index in [1.54, 1.807) is 6.92 Å². The molecule has 166 valence electrons. The maximum atomic E-state index is 12.2. The van der Waals surface area contributed by atoms with Gasteiger partial charge in [0.05, 0.1) is 18.4 Å². The molecule has 2 aromatic carbocycles. The first-order chi connectivity index (χ1) is 15.0. The number of hydrogen-bond acceptors (Lipinski definition) is 5. The Kier molecular flexibility index (Phi) is 8.47. The third kappa shape index (κ3) is 7.35. The van der Waals surface area contributed by atoms with E-state index in [-0.39, 0.29) is 17.7 Å². The quantitative estimate of drug-likeness (QED) is 0.611. The summed E-state index contributed by atoms with van der Waals surface area (Å²) in [5.41, 5.74) is 2.36. The number of aryl methyl sites for hydroxylation is 1. The number of nitrogens with one attached hydrogen (secondary N) is 1. The first-order valence-corrected chi connectivity index (χ1v) is 12.5. The molecule has 1 fully saturated rings. The van der Waals surface area contributed by atoms with Crippen molar-refractivity contribution in [2.24, 2.45) is 5.92 Å². The Morgan fingerprint density at radius 2 is 1.87 bits per heavy atom. The predicted octanol–water partition coefficient (Wildman–Crippen LogP) is 3.35. The van der Waals surface area contributed by atoms with Crippen molar-refractivity contribution in [3.05, 3.63) is 65.7 Å². The lowest BCUT2D eigenvalue weighted by Crippen LogP contribution is -2.52. The lowest BCUT2D eigenvalue weighted by molar-refractivity contribution is 0.102. The van der Waals surface area contributed by atoms with Crippen LogP contribution in [0, 0.1) is 17.2 Å². The summed E-state index contributed by atoms with van der Waals surface area (Å²) in [7, 11) is -3.28. The highest BCUT2D eigenvalue weighted by atomic mass is 32.2. The second kappa shape index (κ2) is 11.3. The number of sulfonamides is 1. The van der Waals surface area contributed by atoms with Crippen LogP contribution in [0.1, 0.15) is 30.9 Å². The molecule has 1 heterocycles. The van der Waals surface area contributed by atoms with Gasteiger partial charge in [-0.2, -0.15) is 5.26 Å². The van der Waals surface area contributed by atoms with Crippen LogP contribution >= 0.6 is 0 Å². The van der Waals surface area contributed by atoms with Gasteiger partial charge in [0, 0.05) is 38.0 Å². The predicted molar refractivity (Wildman–Crippen MR) is 122 cm³/mol. The molecular weight excluding hydrogens is 410 g/mol. The third-order valence-corrected chi connectivity index (χ3v) is 7.11. The molecule has 1 aliphatic rings. The number of ether oxygens (including phenoxy) is 1. The van der Waals surface area contributed by atoms with Gasteiger partial charge in [0.2, 0.25) is 10.0 Å². The van der Waals surface area contributed by atoms with E-state index < -0.39 is 10.0 Å². The monoisotopic (exact) mass is 441 g/mol. The Bertz CT molecular complexity index is 956. The van der Waals surface area contributed by atoms with Crippen LogP contribution in [0.4, 0.5) is 0 Å². The van der Waals surface area contributed by atoms with Crippen LogP contribution in [0.25, 0.3) is 0 Å². The molecule has 3 rings (SSSR count). The van der Waals surface area contributed by atoms with Crippen LogP contribution in [0.15, 0.2) is 54.6 Å². The van der Waals surface area contributed by atoms with Crippen LogP contribution < -0.4 is 9.46 Å². The summed E-state index contributed by atoms with van der Waals surface area (Å²) in [6, 6.07) is 20.1. The fraction of sp³-hybridized carbons (Fsp3) is 0.458. The minimum Gasteiger partial charge on any atom is -0.493 e. The van der Waals surface area contributed by atoms with Gasteiger partial charge in [-0.1, -0.05) is 42.5 Å². The molecule has 31 heavy (non-hydrogen) atoms. The minimum absolute atomic E-state index is 0.0528. The highest BCUT2D eigenvalue weighted by Gasteiger charge is 2.32.